The third kappa shape index (κ3) is 2.94. The predicted molar refractivity (Wildman–Crippen MR) is 95.8 cm³/mol. The Morgan fingerprint density at radius 1 is 1.38 bits per heavy atom. The summed E-state index contributed by atoms with van der Waals surface area (Å²) in [6.07, 6.45) is 1.52. The minimum Gasteiger partial charge on any atom is -0.497 e. The van der Waals surface area contributed by atoms with E-state index in [1.807, 2.05) is 36.6 Å². The lowest BCUT2D eigenvalue weighted by Crippen LogP contribution is -2.26. The second-order valence-corrected chi connectivity index (χ2v) is 6.34. The first-order chi connectivity index (χ1) is 11.7. The number of ether oxygens (including phenoxy) is 1. The van der Waals surface area contributed by atoms with Gasteiger partial charge in [-0.15, -0.1) is 11.3 Å². The number of hydrogen-bond acceptors (Lipinski definition) is 4. The molecule has 0 fully saturated rings. The van der Waals surface area contributed by atoms with Gasteiger partial charge < -0.3 is 4.74 Å². The molecule has 0 atom stereocenters. The van der Waals surface area contributed by atoms with Crippen LogP contribution in [0.4, 0.5) is 4.39 Å². The molecule has 2 heterocycles. The molecular weight excluding hydrogens is 327 g/mol. The molecule has 6 heteroatoms. The van der Waals surface area contributed by atoms with Gasteiger partial charge in [0.1, 0.15) is 23.1 Å². The van der Waals surface area contributed by atoms with Crippen molar-refractivity contribution in [2.45, 2.75) is 26.3 Å². The molecule has 126 valence electrons. The van der Waals surface area contributed by atoms with E-state index in [1.54, 1.807) is 7.11 Å². The van der Waals surface area contributed by atoms with E-state index in [9.17, 15) is 9.18 Å². The van der Waals surface area contributed by atoms with Crippen molar-refractivity contribution < 1.29 is 9.13 Å². The van der Waals surface area contributed by atoms with Gasteiger partial charge in [-0.1, -0.05) is 19.1 Å². The van der Waals surface area contributed by atoms with Gasteiger partial charge in [-0.2, -0.15) is 0 Å². The minimum atomic E-state index is -0.581. The molecule has 3 rings (SSSR count). The fraction of sp³-hybridized carbons (Fsp3) is 0.333. The van der Waals surface area contributed by atoms with Crippen LogP contribution in [0.15, 0.2) is 34.4 Å². The Bertz CT molecular complexity index is 917. The summed E-state index contributed by atoms with van der Waals surface area (Å²) in [5.74, 6) is 1.39. The van der Waals surface area contributed by atoms with E-state index >= 15 is 0 Å². The Balaban J connectivity index is 2.24. The molecule has 0 spiro atoms. The maximum Gasteiger partial charge on any atom is 0.262 e. The van der Waals surface area contributed by atoms with Crippen LogP contribution in [0.25, 0.3) is 21.3 Å². The zero-order chi connectivity index (χ0) is 17.1. The molecular formula is C18H19FN2O2S. The number of hydrogen-bond donors (Lipinski definition) is 0. The molecule has 0 radical (unpaired) electrons. The van der Waals surface area contributed by atoms with Crippen molar-refractivity contribution in [2.75, 3.05) is 13.8 Å². The number of methoxy groups -OCH3 is 1. The third-order valence-electron chi connectivity index (χ3n) is 3.94. The number of rotatable bonds is 6. The van der Waals surface area contributed by atoms with E-state index in [1.165, 1.54) is 15.9 Å². The topological polar surface area (TPSA) is 44.1 Å². The van der Waals surface area contributed by atoms with Crippen LogP contribution < -0.4 is 10.3 Å². The van der Waals surface area contributed by atoms with Crippen molar-refractivity contribution in [2.24, 2.45) is 0 Å². The lowest BCUT2D eigenvalue weighted by Gasteiger charge is -2.11. The molecule has 0 saturated heterocycles. The summed E-state index contributed by atoms with van der Waals surface area (Å²) < 4.78 is 19.7. The first-order valence-electron chi connectivity index (χ1n) is 7.90. The fourth-order valence-electron chi connectivity index (χ4n) is 2.80. The van der Waals surface area contributed by atoms with Crippen LogP contribution in [0, 0.1) is 0 Å². The highest BCUT2D eigenvalue weighted by molar-refractivity contribution is 7.17. The number of fused-ring (bicyclic) bond motifs is 1. The van der Waals surface area contributed by atoms with Crippen LogP contribution in [0.5, 0.6) is 5.75 Å². The molecule has 4 nitrogen and oxygen atoms in total. The minimum absolute atomic E-state index is 0.0461. The average Bonchev–Trinajstić information content (AvgIpc) is 3.02. The molecule has 0 N–H and O–H groups in total. The molecule has 0 unspecified atom stereocenters. The van der Waals surface area contributed by atoms with Crippen molar-refractivity contribution in [1.82, 2.24) is 9.55 Å². The third-order valence-corrected chi connectivity index (χ3v) is 4.81. The van der Waals surface area contributed by atoms with Gasteiger partial charge in [-0.05, 0) is 24.1 Å². The summed E-state index contributed by atoms with van der Waals surface area (Å²) in [7, 11) is 1.61. The molecule has 0 bridgehead atoms. The highest BCUT2D eigenvalue weighted by Gasteiger charge is 2.17. The summed E-state index contributed by atoms with van der Waals surface area (Å²) in [5, 5.41) is 2.49. The quantitative estimate of drug-likeness (QED) is 0.676. The van der Waals surface area contributed by atoms with Crippen molar-refractivity contribution in [1.29, 1.82) is 0 Å². The highest BCUT2D eigenvalue weighted by atomic mass is 32.1. The van der Waals surface area contributed by atoms with Crippen LogP contribution >= 0.6 is 11.3 Å². The smallest absolute Gasteiger partial charge is 0.262 e. The van der Waals surface area contributed by atoms with Crippen molar-refractivity contribution in [3.8, 4) is 16.9 Å². The Kier molecular flexibility index (Phi) is 4.94. The van der Waals surface area contributed by atoms with Crippen LogP contribution in [-0.4, -0.2) is 23.3 Å². The molecule has 0 amide bonds. The number of thiophene rings is 1. The SMILES string of the molecule is CCCc1nc2scc(-c3cccc(OC)c3)c2c(=O)n1CCF. The largest absolute Gasteiger partial charge is 0.497 e. The molecule has 0 aliphatic rings. The maximum absolute atomic E-state index is 13.0. The van der Waals surface area contributed by atoms with Gasteiger partial charge in [0.05, 0.1) is 19.0 Å². The van der Waals surface area contributed by atoms with Gasteiger partial charge in [0.25, 0.3) is 5.56 Å². The first kappa shape index (κ1) is 16.6. The molecule has 0 aliphatic heterocycles. The molecule has 0 aliphatic carbocycles. The van der Waals surface area contributed by atoms with E-state index in [0.29, 0.717) is 22.5 Å². The number of nitrogens with zero attached hydrogens (tertiary/aromatic N) is 2. The van der Waals surface area contributed by atoms with Gasteiger partial charge in [0, 0.05) is 17.4 Å². The second kappa shape index (κ2) is 7.13. The summed E-state index contributed by atoms with van der Waals surface area (Å²) in [4.78, 5) is 18.3. The van der Waals surface area contributed by atoms with E-state index in [4.69, 9.17) is 4.74 Å². The fourth-order valence-corrected chi connectivity index (χ4v) is 3.76. The van der Waals surface area contributed by atoms with Gasteiger partial charge in [-0.25, -0.2) is 9.37 Å². The van der Waals surface area contributed by atoms with Crippen LogP contribution in [-0.2, 0) is 13.0 Å². The average molecular weight is 346 g/mol. The maximum atomic E-state index is 13.0. The lowest BCUT2D eigenvalue weighted by atomic mass is 10.1. The summed E-state index contributed by atoms with van der Waals surface area (Å²) in [6, 6.07) is 7.57. The second-order valence-electron chi connectivity index (χ2n) is 5.49. The zero-order valence-electron chi connectivity index (χ0n) is 13.7. The molecule has 2 aromatic heterocycles. The van der Waals surface area contributed by atoms with Crippen LogP contribution in [0.1, 0.15) is 19.2 Å². The molecule has 24 heavy (non-hydrogen) atoms. The predicted octanol–water partition coefficient (Wildman–Crippen LogP) is 4.06. The lowest BCUT2D eigenvalue weighted by molar-refractivity contribution is 0.415. The van der Waals surface area contributed by atoms with E-state index in [-0.39, 0.29) is 12.1 Å². The molecule has 0 saturated carbocycles. The van der Waals surface area contributed by atoms with Gasteiger partial charge in [0.2, 0.25) is 0 Å². The summed E-state index contributed by atoms with van der Waals surface area (Å²) in [5.41, 5.74) is 1.55. The highest BCUT2D eigenvalue weighted by Crippen LogP contribution is 2.32. The van der Waals surface area contributed by atoms with Gasteiger partial charge >= 0.3 is 0 Å². The van der Waals surface area contributed by atoms with Crippen molar-refractivity contribution >= 4 is 21.6 Å². The zero-order valence-corrected chi connectivity index (χ0v) is 14.5. The van der Waals surface area contributed by atoms with Crippen molar-refractivity contribution in [3.63, 3.8) is 0 Å². The summed E-state index contributed by atoms with van der Waals surface area (Å²) >= 11 is 1.44. The number of aryl methyl sites for hydroxylation is 1. The Morgan fingerprint density at radius 3 is 2.92 bits per heavy atom. The number of benzene rings is 1. The molecule has 3 aromatic rings. The van der Waals surface area contributed by atoms with E-state index < -0.39 is 6.67 Å². The Morgan fingerprint density at radius 2 is 2.21 bits per heavy atom. The van der Waals surface area contributed by atoms with Crippen LogP contribution in [0.2, 0.25) is 0 Å². The number of aromatic nitrogens is 2. The molecule has 1 aromatic carbocycles. The monoisotopic (exact) mass is 346 g/mol. The normalized spacial score (nSPS) is 11.1. The van der Waals surface area contributed by atoms with Crippen molar-refractivity contribution in [3.05, 3.63) is 45.8 Å². The van der Waals surface area contributed by atoms with Gasteiger partial charge in [-0.3, -0.25) is 9.36 Å². The number of halogens is 1. The summed E-state index contributed by atoms with van der Waals surface area (Å²) in [6.45, 7) is 1.49. The Labute approximate surface area is 143 Å². The Hall–Kier alpha value is -2.21. The standard InChI is InChI=1S/C18H19FN2O2S/c1-3-5-15-20-17-16(18(22)21(15)9-8-19)14(11-24-17)12-6-4-7-13(10-12)23-2/h4,6-7,10-11H,3,5,8-9H2,1-2H3. The first-order valence-corrected chi connectivity index (χ1v) is 8.78. The van der Waals surface area contributed by atoms with E-state index in [2.05, 4.69) is 4.98 Å². The number of alkyl halides is 1. The van der Waals surface area contributed by atoms with Crippen LogP contribution in [0.3, 0.4) is 0 Å². The van der Waals surface area contributed by atoms with E-state index in [0.717, 1.165) is 23.3 Å². The van der Waals surface area contributed by atoms with Gasteiger partial charge in [0.15, 0.2) is 0 Å².